The van der Waals surface area contributed by atoms with E-state index in [0.29, 0.717) is 66.9 Å². The zero-order valence-electron chi connectivity index (χ0n) is 23.5. The number of hydrogen-bond donors (Lipinski definition) is 2. The summed E-state index contributed by atoms with van der Waals surface area (Å²) >= 11 is 0. The Kier molecular flexibility index (Phi) is 7.68. The van der Waals surface area contributed by atoms with Crippen molar-refractivity contribution >= 4 is 17.8 Å². The maximum Gasteiger partial charge on any atom is 0.257 e. The Morgan fingerprint density at radius 2 is 1.88 bits per heavy atom. The molecule has 1 atom stereocenters. The van der Waals surface area contributed by atoms with Gasteiger partial charge in [-0.2, -0.15) is 0 Å². The molecule has 214 valence electrons. The molecule has 3 aliphatic rings. The minimum atomic E-state index is -0.351. The van der Waals surface area contributed by atoms with E-state index in [4.69, 9.17) is 9.47 Å². The Balaban J connectivity index is 1.38. The van der Waals surface area contributed by atoms with Crippen LogP contribution in [0, 0.1) is 0 Å². The Morgan fingerprint density at radius 3 is 2.71 bits per heavy atom. The number of nitrogens with zero attached hydrogens (tertiary/aromatic N) is 4. The summed E-state index contributed by atoms with van der Waals surface area (Å²) in [6.07, 6.45) is 7.52. The normalized spacial score (nSPS) is 16.5. The number of amides is 2. The van der Waals surface area contributed by atoms with Crippen LogP contribution in [0.25, 0.3) is 0 Å². The number of anilines is 1. The van der Waals surface area contributed by atoms with Gasteiger partial charge < -0.3 is 25.0 Å². The van der Waals surface area contributed by atoms with Crippen LogP contribution in [0.5, 0.6) is 17.2 Å². The van der Waals surface area contributed by atoms with Gasteiger partial charge in [0, 0.05) is 37.7 Å². The average molecular weight is 565 g/mol. The molecule has 7 rings (SSSR count). The fraction of sp³-hybridized carbons (Fsp3) is 0.281. The third kappa shape index (κ3) is 5.88. The summed E-state index contributed by atoms with van der Waals surface area (Å²) in [5, 5.41) is 6.06. The van der Waals surface area contributed by atoms with Crippen LogP contribution in [0.2, 0.25) is 0 Å². The topological polar surface area (TPSA) is 119 Å². The molecular formula is C32H32N6O4. The maximum atomic E-state index is 13.9. The van der Waals surface area contributed by atoms with E-state index >= 15 is 0 Å². The zero-order valence-corrected chi connectivity index (χ0v) is 23.5. The van der Waals surface area contributed by atoms with Crippen molar-refractivity contribution < 1.29 is 19.1 Å². The smallest absolute Gasteiger partial charge is 0.257 e. The van der Waals surface area contributed by atoms with Gasteiger partial charge >= 0.3 is 0 Å². The quantitative estimate of drug-likeness (QED) is 0.365. The standard InChI is InChI=1S/C32H32N6O4/c1-20(2)37-32-35-17-24(18-36-32)31(40)38-11-9-21-13-26-7-8-28(21)29(38)22-5-3-6-25(14-22)41-12-4-10-34-30(39)23-15-27(42-26)19-33-16-23/h3,5-8,13-20,29H,4,9-12H2,1-2H3,(H,34,39)(H,35,36,37). The van der Waals surface area contributed by atoms with Gasteiger partial charge in [-0.3, -0.25) is 14.6 Å². The van der Waals surface area contributed by atoms with Crippen molar-refractivity contribution in [2.75, 3.05) is 25.0 Å². The highest BCUT2D eigenvalue weighted by atomic mass is 16.5. The summed E-state index contributed by atoms with van der Waals surface area (Å²) in [6, 6.07) is 15.2. The molecule has 5 heterocycles. The predicted molar refractivity (Wildman–Crippen MR) is 157 cm³/mol. The van der Waals surface area contributed by atoms with Crippen molar-refractivity contribution in [3.63, 3.8) is 0 Å². The van der Waals surface area contributed by atoms with E-state index in [9.17, 15) is 9.59 Å². The molecule has 10 heteroatoms. The first-order chi connectivity index (χ1) is 20.4. The Bertz CT molecular complexity index is 1610. The highest BCUT2D eigenvalue weighted by molar-refractivity contribution is 5.95. The van der Waals surface area contributed by atoms with Crippen LogP contribution in [0.3, 0.4) is 0 Å². The summed E-state index contributed by atoms with van der Waals surface area (Å²) in [4.78, 5) is 41.3. The van der Waals surface area contributed by atoms with E-state index in [2.05, 4.69) is 25.6 Å². The fourth-order valence-corrected chi connectivity index (χ4v) is 5.26. The Hall–Kier alpha value is -4.99. The van der Waals surface area contributed by atoms with Gasteiger partial charge in [-0.25, -0.2) is 9.97 Å². The highest BCUT2D eigenvalue weighted by Gasteiger charge is 2.33. The van der Waals surface area contributed by atoms with Gasteiger partial charge in [0.05, 0.1) is 30.0 Å². The first kappa shape index (κ1) is 27.2. The number of ether oxygens (including phenoxy) is 2. The molecule has 10 nitrogen and oxygen atoms in total. The minimum absolute atomic E-state index is 0.144. The third-order valence-electron chi connectivity index (χ3n) is 7.18. The van der Waals surface area contributed by atoms with Gasteiger partial charge in [-0.15, -0.1) is 0 Å². The second-order valence-corrected chi connectivity index (χ2v) is 10.6. The van der Waals surface area contributed by atoms with E-state index in [0.717, 1.165) is 16.7 Å². The number of hydrogen-bond acceptors (Lipinski definition) is 8. The van der Waals surface area contributed by atoms with Gasteiger partial charge in [0.2, 0.25) is 5.95 Å². The summed E-state index contributed by atoms with van der Waals surface area (Å²) < 4.78 is 12.2. The number of aromatic nitrogens is 3. The van der Waals surface area contributed by atoms with E-state index < -0.39 is 0 Å². The second-order valence-electron chi connectivity index (χ2n) is 10.6. The van der Waals surface area contributed by atoms with Crippen molar-refractivity contribution in [1.29, 1.82) is 0 Å². The van der Waals surface area contributed by atoms with Crippen molar-refractivity contribution in [3.8, 4) is 17.2 Å². The molecule has 0 saturated carbocycles. The van der Waals surface area contributed by atoms with Crippen molar-refractivity contribution in [2.45, 2.75) is 38.8 Å². The molecule has 4 aromatic rings. The molecule has 0 fully saturated rings. The molecule has 8 bridgehead atoms. The molecule has 1 unspecified atom stereocenters. The average Bonchev–Trinajstić information content (AvgIpc) is 3.00. The van der Waals surface area contributed by atoms with Gasteiger partial charge in [-0.1, -0.05) is 18.2 Å². The number of carbonyl (C=O) groups excluding carboxylic acids is 2. The monoisotopic (exact) mass is 564 g/mol. The molecule has 2 aromatic carbocycles. The van der Waals surface area contributed by atoms with Crippen LogP contribution < -0.4 is 20.1 Å². The van der Waals surface area contributed by atoms with Crippen LogP contribution in [-0.4, -0.2) is 57.4 Å². The van der Waals surface area contributed by atoms with Crippen molar-refractivity contribution in [1.82, 2.24) is 25.2 Å². The van der Waals surface area contributed by atoms with Crippen LogP contribution in [0.1, 0.15) is 63.7 Å². The summed E-state index contributed by atoms with van der Waals surface area (Å²) in [5.74, 6) is 1.92. The molecule has 0 spiro atoms. The van der Waals surface area contributed by atoms with Gasteiger partial charge in [0.1, 0.15) is 17.2 Å². The van der Waals surface area contributed by atoms with E-state index in [-0.39, 0.29) is 23.9 Å². The molecule has 2 aromatic heterocycles. The minimum Gasteiger partial charge on any atom is -0.494 e. The summed E-state index contributed by atoms with van der Waals surface area (Å²) in [5.41, 5.74) is 3.86. The van der Waals surface area contributed by atoms with Crippen molar-refractivity contribution in [2.24, 2.45) is 0 Å². The van der Waals surface area contributed by atoms with Crippen LogP contribution in [0.4, 0.5) is 5.95 Å². The van der Waals surface area contributed by atoms with E-state index in [1.165, 1.54) is 6.20 Å². The molecule has 3 aliphatic heterocycles. The second kappa shape index (κ2) is 11.9. The SMILES string of the molecule is CC(C)Nc1ncc(C(=O)N2CCc3cc4ccc3C2c2cccc(c2)OCCCNC(=O)c2cncc(c2)O4)cn1. The van der Waals surface area contributed by atoms with Gasteiger partial charge in [0.15, 0.2) is 0 Å². The summed E-state index contributed by atoms with van der Waals surface area (Å²) in [7, 11) is 0. The third-order valence-corrected chi connectivity index (χ3v) is 7.18. The number of nitrogens with one attached hydrogen (secondary N) is 2. The fourth-order valence-electron chi connectivity index (χ4n) is 5.26. The van der Waals surface area contributed by atoms with Crippen molar-refractivity contribution in [3.05, 3.63) is 101 Å². The molecule has 42 heavy (non-hydrogen) atoms. The number of pyridine rings is 1. The highest BCUT2D eigenvalue weighted by Crippen LogP contribution is 2.39. The zero-order chi connectivity index (χ0) is 29.1. The molecular weight excluding hydrogens is 532 g/mol. The molecule has 0 radical (unpaired) electrons. The summed E-state index contributed by atoms with van der Waals surface area (Å²) in [6.45, 7) is 5.38. The maximum absolute atomic E-state index is 13.9. The lowest BCUT2D eigenvalue weighted by Gasteiger charge is -2.38. The largest absolute Gasteiger partial charge is 0.494 e. The number of carbonyl (C=O) groups is 2. The van der Waals surface area contributed by atoms with Crippen LogP contribution >= 0.6 is 0 Å². The first-order valence-corrected chi connectivity index (χ1v) is 14.1. The van der Waals surface area contributed by atoms with E-state index in [1.807, 2.05) is 61.2 Å². The lowest BCUT2D eigenvalue weighted by Crippen LogP contribution is -2.40. The van der Waals surface area contributed by atoms with Crippen LogP contribution in [0.15, 0.2) is 73.3 Å². The lowest BCUT2D eigenvalue weighted by molar-refractivity contribution is 0.0693. The molecule has 0 aliphatic carbocycles. The Labute approximate surface area is 244 Å². The van der Waals surface area contributed by atoms with Gasteiger partial charge in [0.25, 0.3) is 11.8 Å². The lowest BCUT2D eigenvalue weighted by atomic mass is 9.87. The van der Waals surface area contributed by atoms with E-state index in [1.54, 1.807) is 24.7 Å². The molecule has 0 saturated heterocycles. The predicted octanol–water partition coefficient (Wildman–Crippen LogP) is 4.78. The molecule has 2 N–H and O–H groups in total. The first-order valence-electron chi connectivity index (χ1n) is 14.1. The number of rotatable bonds is 3. The molecule has 2 amide bonds. The Morgan fingerprint density at radius 1 is 1.02 bits per heavy atom. The van der Waals surface area contributed by atoms with Gasteiger partial charge in [-0.05, 0) is 73.7 Å². The van der Waals surface area contributed by atoms with Crippen LogP contribution in [-0.2, 0) is 6.42 Å². The number of benzene rings is 2. The number of fused-ring (bicyclic) bond motifs is 6.